The van der Waals surface area contributed by atoms with Crippen molar-refractivity contribution in [1.29, 1.82) is 0 Å². The molecular weight excluding hydrogens is 294 g/mol. The van der Waals surface area contributed by atoms with Crippen molar-refractivity contribution in [2.45, 2.75) is 32.1 Å². The number of hydrogen-bond donors (Lipinski definition) is 1. The van der Waals surface area contributed by atoms with Gasteiger partial charge in [-0.1, -0.05) is 5.16 Å². The van der Waals surface area contributed by atoms with Crippen molar-refractivity contribution in [2.75, 3.05) is 32.8 Å². The summed E-state index contributed by atoms with van der Waals surface area (Å²) < 4.78 is 36.9. The number of sulfonamides is 1. The highest BCUT2D eigenvalue weighted by molar-refractivity contribution is 7.88. The highest BCUT2D eigenvalue weighted by Gasteiger charge is 2.30. The Hall–Kier alpha value is -0.960. The van der Waals surface area contributed by atoms with Crippen LogP contribution < -0.4 is 4.72 Å². The maximum absolute atomic E-state index is 12.0. The molecule has 8 heteroatoms. The zero-order valence-corrected chi connectivity index (χ0v) is 13.6. The van der Waals surface area contributed by atoms with Crippen molar-refractivity contribution in [3.8, 4) is 0 Å². The van der Waals surface area contributed by atoms with Gasteiger partial charge < -0.3 is 9.26 Å². The number of aromatic nitrogens is 1. The number of nitrogens with one attached hydrogen (secondary N) is 1. The number of morpholine rings is 1. The van der Waals surface area contributed by atoms with Gasteiger partial charge in [-0.05, 0) is 20.8 Å². The second-order valence-corrected chi connectivity index (χ2v) is 7.75. The molecule has 0 amide bonds. The molecule has 1 saturated heterocycles. The lowest BCUT2D eigenvalue weighted by atomic mass is 10.0. The normalized spacial score (nSPS) is 19.8. The largest absolute Gasteiger partial charge is 0.378 e. The van der Waals surface area contributed by atoms with Crippen molar-refractivity contribution in [3.05, 3.63) is 17.5 Å². The van der Waals surface area contributed by atoms with E-state index in [-0.39, 0.29) is 11.3 Å². The summed E-state index contributed by atoms with van der Waals surface area (Å²) in [5, 5.41) is 3.68. The summed E-state index contributed by atoms with van der Waals surface area (Å²) in [5.41, 5.74) is 0.612. The lowest BCUT2D eigenvalue weighted by Crippen LogP contribution is -2.54. The first kappa shape index (κ1) is 16.4. The molecule has 0 unspecified atom stereocenters. The Morgan fingerprint density at radius 2 is 2.24 bits per heavy atom. The van der Waals surface area contributed by atoms with Gasteiger partial charge in [0.05, 0.1) is 18.9 Å². The first-order chi connectivity index (χ1) is 9.78. The van der Waals surface area contributed by atoms with Crippen molar-refractivity contribution in [1.82, 2.24) is 14.8 Å². The third-order valence-electron chi connectivity index (χ3n) is 3.53. The molecule has 0 saturated carbocycles. The Labute approximate surface area is 125 Å². The van der Waals surface area contributed by atoms with Crippen LogP contribution in [-0.4, -0.2) is 56.9 Å². The average molecular weight is 317 g/mol. The van der Waals surface area contributed by atoms with Crippen LogP contribution >= 0.6 is 0 Å². The predicted molar refractivity (Wildman–Crippen MR) is 78.3 cm³/mol. The summed E-state index contributed by atoms with van der Waals surface area (Å²) in [7, 11) is -3.40. The van der Waals surface area contributed by atoms with Crippen LogP contribution in [0.15, 0.2) is 10.6 Å². The minimum absolute atomic E-state index is 0.0638. The van der Waals surface area contributed by atoms with Gasteiger partial charge in [0.15, 0.2) is 5.76 Å². The molecule has 1 aromatic rings. The molecular formula is C13H23N3O4S. The van der Waals surface area contributed by atoms with Crippen LogP contribution in [0.25, 0.3) is 0 Å². The summed E-state index contributed by atoms with van der Waals surface area (Å²) in [5.74, 6) is 0.173. The summed E-state index contributed by atoms with van der Waals surface area (Å²) in [6, 6.07) is 1.63. The number of hydrogen-bond acceptors (Lipinski definition) is 6. The van der Waals surface area contributed by atoms with Crippen LogP contribution in [0.3, 0.4) is 0 Å². The van der Waals surface area contributed by atoms with Gasteiger partial charge in [0.25, 0.3) is 0 Å². The molecule has 0 aromatic carbocycles. The minimum Gasteiger partial charge on any atom is -0.378 e. The SMILES string of the molecule is Cc1cc(CS(=O)(=O)NCCN2CCOCC2(C)C)on1. The van der Waals surface area contributed by atoms with E-state index in [4.69, 9.17) is 9.26 Å². The van der Waals surface area contributed by atoms with Gasteiger partial charge in [-0.2, -0.15) is 0 Å². The zero-order chi connectivity index (χ0) is 15.5. The van der Waals surface area contributed by atoms with Crippen LogP contribution in [0.1, 0.15) is 25.3 Å². The van der Waals surface area contributed by atoms with E-state index in [1.54, 1.807) is 13.0 Å². The summed E-state index contributed by atoms with van der Waals surface area (Å²) in [6.07, 6.45) is 0. The maximum atomic E-state index is 12.0. The van der Waals surface area contributed by atoms with Crippen molar-refractivity contribution in [2.24, 2.45) is 0 Å². The van der Waals surface area contributed by atoms with E-state index < -0.39 is 10.0 Å². The van der Waals surface area contributed by atoms with Gasteiger partial charge >= 0.3 is 0 Å². The zero-order valence-electron chi connectivity index (χ0n) is 12.8. The molecule has 1 aromatic heterocycles. The van der Waals surface area contributed by atoms with Crippen molar-refractivity contribution >= 4 is 10.0 Å². The first-order valence-corrected chi connectivity index (χ1v) is 8.66. The molecule has 1 N–H and O–H groups in total. The molecule has 1 aliphatic rings. The van der Waals surface area contributed by atoms with E-state index in [1.165, 1.54) is 0 Å². The monoisotopic (exact) mass is 317 g/mol. The number of aryl methyl sites for hydroxylation is 1. The maximum Gasteiger partial charge on any atom is 0.219 e. The Bertz CT molecular complexity index is 568. The van der Waals surface area contributed by atoms with E-state index in [0.717, 1.165) is 6.54 Å². The second kappa shape index (κ2) is 6.43. The van der Waals surface area contributed by atoms with Crippen LogP contribution in [0.2, 0.25) is 0 Å². The lowest BCUT2D eigenvalue weighted by molar-refractivity contribution is -0.0495. The Kier molecular flexibility index (Phi) is 5.03. The molecule has 21 heavy (non-hydrogen) atoms. The topological polar surface area (TPSA) is 84.7 Å². The molecule has 0 radical (unpaired) electrons. The van der Waals surface area contributed by atoms with E-state index >= 15 is 0 Å². The Morgan fingerprint density at radius 1 is 1.48 bits per heavy atom. The highest BCUT2D eigenvalue weighted by atomic mass is 32.2. The van der Waals surface area contributed by atoms with Gasteiger partial charge in [-0.15, -0.1) is 0 Å². The third-order valence-corrected chi connectivity index (χ3v) is 4.84. The van der Waals surface area contributed by atoms with E-state index in [0.29, 0.717) is 37.8 Å². The van der Waals surface area contributed by atoms with E-state index in [9.17, 15) is 8.42 Å². The lowest BCUT2D eigenvalue weighted by Gasteiger charge is -2.42. The third kappa shape index (κ3) is 4.77. The van der Waals surface area contributed by atoms with E-state index in [1.807, 2.05) is 0 Å². The predicted octanol–water partition coefficient (Wildman–Crippen LogP) is 0.513. The molecule has 0 atom stereocenters. The highest BCUT2D eigenvalue weighted by Crippen LogP contribution is 2.18. The summed E-state index contributed by atoms with van der Waals surface area (Å²) in [6.45, 7) is 9.15. The standard InChI is InChI=1S/C13H23N3O4S/c1-11-8-12(20-15-11)9-21(17,18)14-4-5-16-6-7-19-10-13(16,2)3/h8,14H,4-7,9-10H2,1-3H3. The molecule has 0 spiro atoms. The Balaban J connectivity index is 1.82. The van der Waals surface area contributed by atoms with E-state index in [2.05, 4.69) is 28.6 Å². The molecule has 2 rings (SSSR count). The molecule has 7 nitrogen and oxygen atoms in total. The fraction of sp³-hybridized carbons (Fsp3) is 0.769. The van der Waals surface area contributed by atoms with Gasteiger partial charge in [0.1, 0.15) is 5.75 Å². The fourth-order valence-electron chi connectivity index (χ4n) is 2.36. The number of ether oxygens (including phenoxy) is 1. The van der Waals surface area contributed by atoms with Crippen LogP contribution in [0, 0.1) is 6.92 Å². The molecule has 0 aliphatic carbocycles. The van der Waals surface area contributed by atoms with Crippen molar-refractivity contribution in [3.63, 3.8) is 0 Å². The van der Waals surface area contributed by atoms with Gasteiger partial charge in [0, 0.05) is 31.2 Å². The molecule has 2 heterocycles. The van der Waals surface area contributed by atoms with Gasteiger partial charge in [-0.3, -0.25) is 4.90 Å². The summed E-state index contributed by atoms with van der Waals surface area (Å²) in [4.78, 5) is 2.23. The molecule has 0 bridgehead atoms. The molecule has 1 aliphatic heterocycles. The average Bonchev–Trinajstić information content (AvgIpc) is 2.75. The molecule has 120 valence electrons. The Morgan fingerprint density at radius 3 is 2.86 bits per heavy atom. The van der Waals surface area contributed by atoms with Crippen LogP contribution in [0.4, 0.5) is 0 Å². The van der Waals surface area contributed by atoms with Crippen LogP contribution in [0.5, 0.6) is 0 Å². The van der Waals surface area contributed by atoms with Gasteiger partial charge in [-0.25, -0.2) is 13.1 Å². The number of rotatable bonds is 6. The minimum atomic E-state index is -3.40. The number of nitrogens with zero attached hydrogens (tertiary/aromatic N) is 2. The second-order valence-electron chi connectivity index (χ2n) is 5.94. The molecule has 1 fully saturated rings. The first-order valence-electron chi connectivity index (χ1n) is 7.01. The smallest absolute Gasteiger partial charge is 0.219 e. The quantitative estimate of drug-likeness (QED) is 0.823. The van der Waals surface area contributed by atoms with Gasteiger partial charge in [0.2, 0.25) is 10.0 Å². The van der Waals surface area contributed by atoms with Crippen LogP contribution in [-0.2, 0) is 20.5 Å². The summed E-state index contributed by atoms with van der Waals surface area (Å²) >= 11 is 0. The van der Waals surface area contributed by atoms with Crippen molar-refractivity contribution < 1.29 is 17.7 Å². The fourth-order valence-corrected chi connectivity index (χ4v) is 3.38.